The first-order valence-corrected chi connectivity index (χ1v) is 6.38. The predicted molar refractivity (Wildman–Crippen MR) is 77.6 cm³/mol. The Hall–Kier alpha value is -1.16. The van der Waals surface area contributed by atoms with Gasteiger partial charge in [0.25, 0.3) is 0 Å². The molecule has 0 amide bonds. The van der Waals surface area contributed by atoms with Gasteiger partial charge in [0.1, 0.15) is 10.8 Å². The summed E-state index contributed by atoms with van der Waals surface area (Å²) in [6.07, 6.45) is 4.09. The summed E-state index contributed by atoms with van der Waals surface area (Å²) in [4.78, 5) is 7.00. The second kappa shape index (κ2) is 5.96. The molecule has 3 nitrogen and oxygen atoms in total. The summed E-state index contributed by atoms with van der Waals surface area (Å²) in [5.41, 5.74) is 7.77. The van der Waals surface area contributed by atoms with Crippen molar-refractivity contribution in [3.8, 4) is 0 Å². The fourth-order valence-electron chi connectivity index (χ4n) is 1.94. The maximum absolute atomic E-state index is 5.79. The minimum atomic E-state index is 0.418. The summed E-state index contributed by atoms with van der Waals surface area (Å²) in [5.74, 6) is 0.887. The summed E-state index contributed by atoms with van der Waals surface area (Å²) in [7, 11) is 2.05. The van der Waals surface area contributed by atoms with Crippen molar-refractivity contribution in [2.75, 3.05) is 11.9 Å². The molecular formula is C13H21N3S. The summed E-state index contributed by atoms with van der Waals surface area (Å²) in [5, 5.41) is 0. The van der Waals surface area contributed by atoms with Crippen LogP contribution in [0, 0.1) is 6.92 Å². The van der Waals surface area contributed by atoms with Gasteiger partial charge in [0, 0.05) is 19.3 Å². The highest BCUT2D eigenvalue weighted by molar-refractivity contribution is 7.80. The van der Waals surface area contributed by atoms with E-state index in [9.17, 15) is 0 Å². The molecule has 1 rings (SSSR count). The first-order valence-electron chi connectivity index (χ1n) is 5.97. The summed E-state index contributed by atoms with van der Waals surface area (Å²) < 4.78 is 0. The van der Waals surface area contributed by atoms with Crippen molar-refractivity contribution in [3.05, 3.63) is 23.4 Å². The Morgan fingerprint density at radius 3 is 2.76 bits per heavy atom. The predicted octanol–water partition coefficient (Wildman–Crippen LogP) is 2.65. The maximum Gasteiger partial charge on any atom is 0.139 e. The smallest absolute Gasteiger partial charge is 0.139 e. The number of nitrogens with zero attached hydrogens (tertiary/aromatic N) is 2. The van der Waals surface area contributed by atoms with E-state index in [1.165, 1.54) is 0 Å². The first-order chi connectivity index (χ1) is 7.99. The summed E-state index contributed by atoms with van der Waals surface area (Å²) in [6.45, 7) is 6.39. The van der Waals surface area contributed by atoms with Gasteiger partial charge >= 0.3 is 0 Å². The van der Waals surface area contributed by atoms with Gasteiger partial charge in [0.2, 0.25) is 0 Å². The van der Waals surface area contributed by atoms with Crippen molar-refractivity contribution in [2.24, 2.45) is 5.73 Å². The lowest BCUT2D eigenvalue weighted by molar-refractivity contribution is 0.611. The van der Waals surface area contributed by atoms with Crippen molar-refractivity contribution in [2.45, 2.75) is 39.7 Å². The lowest BCUT2D eigenvalue weighted by Gasteiger charge is -2.28. The standard InChI is InChI=1S/C13H21N3S/c1-5-6-10(3)16(4)13-11(12(14)17)9(2)7-8-15-13/h7-8,10H,5-6H2,1-4H3,(H2,14,17). The van der Waals surface area contributed by atoms with Crippen LogP contribution in [0.15, 0.2) is 12.3 Å². The van der Waals surface area contributed by atoms with Gasteiger partial charge in [-0.3, -0.25) is 0 Å². The largest absolute Gasteiger partial charge is 0.389 e. The van der Waals surface area contributed by atoms with Gasteiger partial charge in [0.05, 0.1) is 5.56 Å². The molecule has 1 aromatic rings. The third-order valence-electron chi connectivity index (χ3n) is 3.09. The van der Waals surface area contributed by atoms with Crippen LogP contribution in [0.2, 0.25) is 0 Å². The molecule has 0 fully saturated rings. The number of aryl methyl sites for hydroxylation is 1. The molecular weight excluding hydrogens is 230 g/mol. The molecule has 0 spiro atoms. The highest BCUT2D eigenvalue weighted by atomic mass is 32.1. The fourth-order valence-corrected chi connectivity index (χ4v) is 2.19. The van der Waals surface area contributed by atoms with E-state index in [2.05, 4.69) is 23.7 Å². The Morgan fingerprint density at radius 1 is 1.59 bits per heavy atom. The quantitative estimate of drug-likeness (QED) is 0.817. The zero-order valence-corrected chi connectivity index (χ0v) is 11.8. The zero-order valence-electron chi connectivity index (χ0n) is 11.0. The van der Waals surface area contributed by atoms with E-state index >= 15 is 0 Å². The molecule has 17 heavy (non-hydrogen) atoms. The van der Waals surface area contributed by atoms with E-state index in [4.69, 9.17) is 18.0 Å². The van der Waals surface area contributed by atoms with E-state index in [0.717, 1.165) is 29.8 Å². The number of pyridine rings is 1. The molecule has 0 aliphatic heterocycles. The van der Waals surface area contributed by atoms with Crippen LogP contribution >= 0.6 is 12.2 Å². The number of hydrogen-bond donors (Lipinski definition) is 1. The average molecular weight is 251 g/mol. The first kappa shape index (κ1) is 13.9. The maximum atomic E-state index is 5.79. The molecule has 1 heterocycles. The van der Waals surface area contributed by atoms with Gasteiger partial charge in [-0.1, -0.05) is 25.6 Å². The van der Waals surface area contributed by atoms with E-state index in [-0.39, 0.29) is 0 Å². The zero-order chi connectivity index (χ0) is 13.0. The Labute approximate surface area is 109 Å². The van der Waals surface area contributed by atoms with Crippen molar-refractivity contribution in [3.63, 3.8) is 0 Å². The van der Waals surface area contributed by atoms with Crippen LogP contribution in [0.5, 0.6) is 0 Å². The fraction of sp³-hybridized carbons (Fsp3) is 0.538. The second-order valence-electron chi connectivity index (χ2n) is 4.44. The number of anilines is 1. The Kier molecular flexibility index (Phi) is 4.87. The van der Waals surface area contributed by atoms with Crippen molar-refractivity contribution < 1.29 is 0 Å². The van der Waals surface area contributed by atoms with Crippen LogP contribution in [0.1, 0.15) is 37.8 Å². The number of nitrogens with two attached hydrogens (primary N) is 1. The molecule has 94 valence electrons. The van der Waals surface area contributed by atoms with Crippen LogP contribution in [0.4, 0.5) is 5.82 Å². The molecule has 2 N–H and O–H groups in total. The summed E-state index contributed by atoms with van der Waals surface area (Å²) >= 11 is 5.12. The molecule has 1 unspecified atom stereocenters. The van der Waals surface area contributed by atoms with Crippen LogP contribution in [-0.2, 0) is 0 Å². The molecule has 4 heteroatoms. The van der Waals surface area contributed by atoms with E-state index < -0.39 is 0 Å². The van der Waals surface area contributed by atoms with Gasteiger partial charge < -0.3 is 10.6 Å². The van der Waals surface area contributed by atoms with Crippen molar-refractivity contribution in [1.29, 1.82) is 0 Å². The van der Waals surface area contributed by atoms with Gasteiger partial charge in [-0.25, -0.2) is 4.98 Å². The molecule has 1 aromatic heterocycles. The molecule has 0 aliphatic rings. The third kappa shape index (κ3) is 3.16. The van der Waals surface area contributed by atoms with Gasteiger partial charge in [-0.2, -0.15) is 0 Å². The minimum Gasteiger partial charge on any atom is -0.389 e. The van der Waals surface area contributed by atoms with Crippen LogP contribution in [0.3, 0.4) is 0 Å². The van der Waals surface area contributed by atoms with Gasteiger partial charge in [0.15, 0.2) is 0 Å². The molecule has 0 bridgehead atoms. The molecule has 0 saturated carbocycles. The lowest BCUT2D eigenvalue weighted by Crippen LogP contribution is -2.32. The van der Waals surface area contributed by atoms with Crippen LogP contribution in [0.25, 0.3) is 0 Å². The second-order valence-corrected chi connectivity index (χ2v) is 4.88. The van der Waals surface area contributed by atoms with Gasteiger partial charge in [-0.15, -0.1) is 0 Å². The van der Waals surface area contributed by atoms with Crippen molar-refractivity contribution in [1.82, 2.24) is 4.98 Å². The SMILES string of the molecule is CCCC(C)N(C)c1nccc(C)c1C(N)=S. The van der Waals surface area contributed by atoms with Crippen LogP contribution in [-0.4, -0.2) is 23.1 Å². The third-order valence-corrected chi connectivity index (χ3v) is 3.29. The highest BCUT2D eigenvalue weighted by Crippen LogP contribution is 2.22. The van der Waals surface area contributed by atoms with Gasteiger partial charge in [-0.05, 0) is 31.9 Å². The molecule has 0 radical (unpaired) electrons. The monoisotopic (exact) mass is 251 g/mol. The number of hydrogen-bond acceptors (Lipinski definition) is 3. The minimum absolute atomic E-state index is 0.418. The van der Waals surface area contributed by atoms with Crippen molar-refractivity contribution >= 4 is 23.0 Å². The topological polar surface area (TPSA) is 42.2 Å². The normalized spacial score (nSPS) is 12.2. The molecule has 0 saturated heterocycles. The number of thiocarbonyl (C=S) groups is 1. The average Bonchev–Trinajstić information content (AvgIpc) is 2.27. The Bertz CT molecular complexity index is 404. The summed E-state index contributed by atoms with van der Waals surface area (Å²) in [6, 6.07) is 2.37. The molecule has 0 aliphatic carbocycles. The van der Waals surface area contributed by atoms with E-state index in [1.54, 1.807) is 0 Å². The Balaban J connectivity index is 3.13. The van der Waals surface area contributed by atoms with Crippen LogP contribution < -0.4 is 10.6 Å². The molecule has 1 atom stereocenters. The van der Waals surface area contributed by atoms with E-state index in [0.29, 0.717) is 11.0 Å². The number of rotatable bonds is 5. The number of aromatic nitrogens is 1. The van der Waals surface area contributed by atoms with E-state index in [1.807, 2.05) is 26.2 Å². The highest BCUT2D eigenvalue weighted by Gasteiger charge is 2.17. The Morgan fingerprint density at radius 2 is 2.24 bits per heavy atom. The lowest BCUT2D eigenvalue weighted by atomic mass is 10.1. The molecule has 0 aromatic carbocycles.